The zero-order valence-corrected chi connectivity index (χ0v) is 14.6. The van der Waals surface area contributed by atoms with E-state index in [9.17, 15) is 18.0 Å². The van der Waals surface area contributed by atoms with Crippen LogP contribution < -0.4 is 10.0 Å². The van der Waals surface area contributed by atoms with Gasteiger partial charge in [-0.1, -0.05) is 25.0 Å². The highest BCUT2D eigenvalue weighted by Crippen LogP contribution is 2.16. The largest absolute Gasteiger partial charge is 0.481 e. The van der Waals surface area contributed by atoms with E-state index >= 15 is 0 Å². The summed E-state index contributed by atoms with van der Waals surface area (Å²) < 4.78 is 25.7. The van der Waals surface area contributed by atoms with E-state index in [-0.39, 0.29) is 29.3 Å². The number of hydrogen-bond acceptors (Lipinski definition) is 4. The Morgan fingerprint density at radius 3 is 2.42 bits per heavy atom. The molecule has 0 saturated carbocycles. The lowest BCUT2D eigenvalue weighted by atomic mass is 10.1. The van der Waals surface area contributed by atoms with Crippen LogP contribution in [-0.4, -0.2) is 37.7 Å². The minimum atomic E-state index is -3.45. The van der Waals surface area contributed by atoms with E-state index in [1.165, 1.54) is 6.92 Å². The van der Waals surface area contributed by atoms with Crippen LogP contribution in [0.1, 0.15) is 49.4 Å². The second-order valence-electron chi connectivity index (χ2n) is 5.36. The normalized spacial score (nSPS) is 11.0. The molecule has 0 saturated heterocycles. The fraction of sp³-hybridized carbons (Fsp3) is 0.500. The highest BCUT2D eigenvalue weighted by Gasteiger charge is 2.14. The van der Waals surface area contributed by atoms with Crippen LogP contribution in [0.2, 0.25) is 0 Å². The van der Waals surface area contributed by atoms with Gasteiger partial charge in [0.05, 0.1) is 17.0 Å². The number of para-hydroxylation sites is 1. The smallest absolute Gasteiger partial charge is 0.303 e. The predicted molar refractivity (Wildman–Crippen MR) is 92.6 cm³/mol. The molecule has 0 unspecified atom stereocenters. The van der Waals surface area contributed by atoms with Crippen molar-refractivity contribution in [2.75, 3.05) is 17.0 Å². The number of unbranched alkanes of at least 4 members (excludes halogenated alkanes) is 3. The van der Waals surface area contributed by atoms with Gasteiger partial charge in [-0.05, 0) is 31.9 Å². The molecule has 0 aliphatic carbocycles. The van der Waals surface area contributed by atoms with Crippen LogP contribution in [0.3, 0.4) is 0 Å². The molecular weight excluding hydrogens is 332 g/mol. The molecule has 1 amide bonds. The fourth-order valence-electron chi connectivity index (χ4n) is 2.06. The quantitative estimate of drug-likeness (QED) is 0.526. The Balaban J connectivity index is 2.47. The highest BCUT2D eigenvalue weighted by atomic mass is 32.2. The number of nitrogens with one attached hydrogen (secondary N) is 2. The van der Waals surface area contributed by atoms with Crippen molar-refractivity contribution in [1.29, 1.82) is 0 Å². The van der Waals surface area contributed by atoms with Crippen molar-refractivity contribution in [2.45, 2.75) is 39.0 Å². The molecule has 1 rings (SSSR count). The zero-order chi connectivity index (χ0) is 18.0. The van der Waals surface area contributed by atoms with Crippen LogP contribution >= 0.6 is 0 Å². The number of aliphatic carboxylic acids is 1. The number of amides is 1. The van der Waals surface area contributed by atoms with E-state index in [1.54, 1.807) is 24.3 Å². The number of carbonyl (C=O) groups excluding carboxylic acids is 1. The Morgan fingerprint density at radius 1 is 1.08 bits per heavy atom. The van der Waals surface area contributed by atoms with Gasteiger partial charge in [-0.3, -0.25) is 14.3 Å². The first-order valence-electron chi connectivity index (χ1n) is 7.95. The Morgan fingerprint density at radius 2 is 1.75 bits per heavy atom. The molecule has 0 fully saturated rings. The maximum Gasteiger partial charge on any atom is 0.303 e. The number of carboxylic acid groups (broad SMARTS) is 1. The van der Waals surface area contributed by atoms with Crippen molar-refractivity contribution < 1.29 is 23.1 Å². The van der Waals surface area contributed by atoms with Gasteiger partial charge in [-0.2, -0.15) is 0 Å². The highest BCUT2D eigenvalue weighted by molar-refractivity contribution is 7.92. The van der Waals surface area contributed by atoms with Crippen molar-refractivity contribution in [3.05, 3.63) is 29.8 Å². The molecule has 0 bridgehead atoms. The third-order valence-electron chi connectivity index (χ3n) is 3.42. The number of carbonyl (C=O) groups is 2. The second-order valence-corrected chi connectivity index (χ2v) is 7.38. The molecule has 0 radical (unpaired) electrons. The summed E-state index contributed by atoms with van der Waals surface area (Å²) >= 11 is 0. The topological polar surface area (TPSA) is 113 Å². The molecule has 0 aliphatic rings. The Hall–Kier alpha value is -2.09. The van der Waals surface area contributed by atoms with Gasteiger partial charge in [0.25, 0.3) is 5.91 Å². The Bertz CT molecular complexity index is 658. The van der Waals surface area contributed by atoms with Gasteiger partial charge >= 0.3 is 5.97 Å². The summed E-state index contributed by atoms with van der Waals surface area (Å²) in [6.45, 7) is 1.98. The first-order chi connectivity index (χ1) is 11.4. The van der Waals surface area contributed by atoms with Gasteiger partial charge in [0, 0.05) is 13.0 Å². The van der Waals surface area contributed by atoms with Gasteiger partial charge in [-0.15, -0.1) is 0 Å². The van der Waals surface area contributed by atoms with Crippen LogP contribution in [0.5, 0.6) is 0 Å². The van der Waals surface area contributed by atoms with Crippen LogP contribution in [0.15, 0.2) is 24.3 Å². The van der Waals surface area contributed by atoms with Crippen LogP contribution in [0.25, 0.3) is 0 Å². The van der Waals surface area contributed by atoms with Gasteiger partial charge in [-0.25, -0.2) is 8.42 Å². The standard InChI is InChI=1S/C16H24N2O5S/c1-2-24(22,23)18-14-10-7-6-9-13(14)16(21)17-12-8-4-3-5-11-15(19)20/h6-7,9-10,18H,2-5,8,11-12H2,1H3,(H,17,21)(H,19,20). The summed E-state index contributed by atoms with van der Waals surface area (Å²) in [7, 11) is -3.45. The molecular formula is C16H24N2O5S. The van der Waals surface area contributed by atoms with Crippen molar-refractivity contribution in [3.63, 3.8) is 0 Å². The Labute approximate surface area is 142 Å². The van der Waals surface area contributed by atoms with Crippen molar-refractivity contribution in [1.82, 2.24) is 5.32 Å². The lowest BCUT2D eigenvalue weighted by Gasteiger charge is -2.12. The van der Waals surface area contributed by atoms with E-state index in [1.807, 2.05) is 0 Å². The summed E-state index contributed by atoms with van der Waals surface area (Å²) in [4.78, 5) is 22.6. The molecule has 0 aromatic heterocycles. The summed E-state index contributed by atoms with van der Waals surface area (Å²) in [6, 6.07) is 6.45. The molecule has 0 aliphatic heterocycles. The first-order valence-corrected chi connectivity index (χ1v) is 9.60. The number of anilines is 1. The molecule has 24 heavy (non-hydrogen) atoms. The molecule has 8 heteroatoms. The van der Waals surface area contributed by atoms with Gasteiger partial charge in [0.15, 0.2) is 0 Å². The molecule has 1 aromatic carbocycles. The fourth-order valence-corrected chi connectivity index (χ4v) is 2.72. The van der Waals surface area contributed by atoms with Crippen LogP contribution in [0, 0.1) is 0 Å². The van der Waals surface area contributed by atoms with E-state index in [2.05, 4.69) is 10.0 Å². The number of sulfonamides is 1. The molecule has 0 heterocycles. The third kappa shape index (κ3) is 7.45. The average molecular weight is 356 g/mol. The van der Waals surface area contributed by atoms with Crippen LogP contribution in [0.4, 0.5) is 5.69 Å². The van der Waals surface area contributed by atoms with Gasteiger partial charge < -0.3 is 10.4 Å². The minimum Gasteiger partial charge on any atom is -0.481 e. The van der Waals surface area contributed by atoms with Gasteiger partial charge in [0.2, 0.25) is 10.0 Å². The summed E-state index contributed by atoms with van der Waals surface area (Å²) in [5.74, 6) is -1.20. The Kier molecular flexibility index (Phi) is 8.25. The molecule has 3 N–H and O–H groups in total. The number of rotatable bonds is 11. The number of carboxylic acids is 1. The van der Waals surface area contributed by atoms with Crippen molar-refractivity contribution in [3.8, 4) is 0 Å². The number of hydrogen-bond donors (Lipinski definition) is 3. The second kappa shape index (κ2) is 9.92. The predicted octanol–water partition coefficient (Wildman–Crippen LogP) is 2.21. The molecule has 7 nitrogen and oxygen atoms in total. The van der Waals surface area contributed by atoms with E-state index in [0.29, 0.717) is 13.0 Å². The van der Waals surface area contributed by atoms with Gasteiger partial charge in [0.1, 0.15) is 0 Å². The zero-order valence-electron chi connectivity index (χ0n) is 13.7. The average Bonchev–Trinajstić information content (AvgIpc) is 2.53. The molecule has 0 atom stereocenters. The molecule has 1 aromatic rings. The third-order valence-corrected chi connectivity index (χ3v) is 4.71. The maximum atomic E-state index is 12.2. The first kappa shape index (κ1) is 20.0. The summed E-state index contributed by atoms with van der Waals surface area (Å²) in [5.41, 5.74) is 0.540. The summed E-state index contributed by atoms with van der Waals surface area (Å²) in [5, 5.41) is 11.3. The minimum absolute atomic E-state index is 0.0701. The number of benzene rings is 1. The van der Waals surface area contributed by atoms with Crippen LogP contribution in [-0.2, 0) is 14.8 Å². The van der Waals surface area contributed by atoms with Crippen molar-refractivity contribution >= 4 is 27.6 Å². The summed E-state index contributed by atoms with van der Waals surface area (Å²) in [6.07, 6.45) is 3.17. The SMILES string of the molecule is CCS(=O)(=O)Nc1ccccc1C(=O)NCCCCCCC(=O)O. The van der Waals surface area contributed by atoms with E-state index < -0.39 is 16.0 Å². The molecule has 0 spiro atoms. The van der Waals surface area contributed by atoms with Crippen molar-refractivity contribution in [2.24, 2.45) is 0 Å². The maximum absolute atomic E-state index is 12.2. The molecule has 134 valence electrons. The lowest BCUT2D eigenvalue weighted by molar-refractivity contribution is -0.137. The monoisotopic (exact) mass is 356 g/mol. The van der Waals surface area contributed by atoms with E-state index in [4.69, 9.17) is 5.11 Å². The lowest BCUT2D eigenvalue weighted by Crippen LogP contribution is -2.26. The van der Waals surface area contributed by atoms with E-state index in [0.717, 1.165) is 19.3 Å².